The van der Waals surface area contributed by atoms with Crippen LogP contribution in [0.15, 0.2) is 23.0 Å². The number of furan rings is 1. The average Bonchev–Trinajstić information content (AvgIpc) is 3.55. The monoisotopic (exact) mass is 602 g/mol. The lowest BCUT2D eigenvalue weighted by molar-refractivity contribution is -0.372. The molecular weight excluding hydrogens is 560 g/mol. The number of esters is 2. The molecule has 0 aromatic carbocycles. The van der Waals surface area contributed by atoms with Gasteiger partial charge in [0.1, 0.15) is 18.0 Å². The van der Waals surface area contributed by atoms with Crippen molar-refractivity contribution in [2.75, 3.05) is 6.61 Å². The summed E-state index contributed by atoms with van der Waals surface area (Å²) in [6.07, 6.45) is -3.20. The van der Waals surface area contributed by atoms with Gasteiger partial charge in [-0.15, -0.1) is 0 Å². The van der Waals surface area contributed by atoms with E-state index in [0.29, 0.717) is 5.56 Å². The minimum absolute atomic E-state index is 0.0248. The molecule has 11 nitrogen and oxygen atoms in total. The number of carbonyl (C=O) groups is 4. The van der Waals surface area contributed by atoms with E-state index in [4.69, 9.17) is 18.6 Å². The number of aliphatic hydroxyl groups is 3. The van der Waals surface area contributed by atoms with Crippen molar-refractivity contribution < 1.29 is 53.1 Å². The van der Waals surface area contributed by atoms with Crippen LogP contribution < -0.4 is 0 Å². The molecule has 1 aromatic rings. The molecule has 1 aliphatic heterocycles. The Morgan fingerprint density at radius 2 is 1.67 bits per heavy atom. The summed E-state index contributed by atoms with van der Waals surface area (Å²) in [5.74, 6) is -5.70. The molecule has 2 heterocycles. The Kier molecular flexibility index (Phi) is 6.86. The molecule has 0 radical (unpaired) electrons. The van der Waals surface area contributed by atoms with Gasteiger partial charge in [0, 0.05) is 53.8 Å². The van der Waals surface area contributed by atoms with Crippen LogP contribution in [0.2, 0.25) is 0 Å². The number of fused-ring (bicyclic) bond motifs is 3. The summed E-state index contributed by atoms with van der Waals surface area (Å²) in [6.45, 7) is 9.58. The van der Waals surface area contributed by atoms with Crippen LogP contribution in [0, 0.1) is 45.3 Å². The summed E-state index contributed by atoms with van der Waals surface area (Å²) in [7, 11) is 0. The van der Waals surface area contributed by atoms with Gasteiger partial charge in [0.05, 0.1) is 42.7 Å². The molecule has 236 valence electrons. The van der Waals surface area contributed by atoms with Crippen LogP contribution in [0.25, 0.3) is 0 Å². The molecule has 5 aliphatic rings. The number of ether oxygens (including phenoxy) is 3. The van der Waals surface area contributed by atoms with Crippen molar-refractivity contribution >= 4 is 23.5 Å². The van der Waals surface area contributed by atoms with E-state index >= 15 is 0 Å². The molecular formula is C32H42O11. The lowest BCUT2D eigenvalue weighted by atomic mass is 9.33. The summed E-state index contributed by atoms with van der Waals surface area (Å²) in [5.41, 5.74) is -4.53. The van der Waals surface area contributed by atoms with E-state index in [9.17, 15) is 34.5 Å². The van der Waals surface area contributed by atoms with Gasteiger partial charge in [-0.2, -0.15) is 0 Å². The standard InChI is InChI=1S/C32H42O11/c1-14(2)27(39)43-28-30(5)19-10-20(35)31(6)24-18(34)9-17(16-7-8-40-12-16)29(24,4)26(38)23(37)25(31)32(19,13-41-28)21(36)11-22(30)42-15(3)33/h7-8,12,14,17,19-22,24-26,28,35-36,38H,9-11,13H2,1-6H3. The van der Waals surface area contributed by atoms with Gasteiger partial charge in [0.2, 0.25) is 6.29 Å². The van der Waals surface area contributed by atoms with Gasteiger partial charge in [-0.05, 0) is 30.9 Å². The summed E-state index contributed by atoms with van der Waals surface area (Å²) >= 11 is 0. The second-order valence-corrected chi connectivity index (χ2v) is 14.5. The van der Waals surface area contributed by atoms with Crippen molar-refractivity contribution in [1.29, 1.82) is 0 Å². The normalized spacial score (nSPS) is 48.7. The summed E-state index contributed by atoms with van der Waals surface area (Å²) in [5, 5.41) is 36.0. The van der Waals surface area contributed by atoms with Crippen LogP contribution in [0.5, 0.6) is 0 Å². The highest BCUT2D eigenvalue weighted by Crippen LogP contribution is 2.75. The number of ketones is 2. The third kappa shape index (κ3) is 3.68. The van der Waals surface area contributed by atoms with E-state index in [1.54, 1.807) is 40.7 Å². The molecule has 11 heteroatoms. The molecule has 1 saturated heterocycles. The van der Waals surface area contributed by atoms with Crippen molar-refractivity contribution in [3.8, 4) is 0 Å². The zero-order chi connectivity index (χ0) is 31.4. The molecule has 2 bridgehead atoms. The Morgan fingerprint density at radius 1 is 0.977 bits per heavy atom. The maximum atomic E-state index is 14.7. The van der Waals surface area contributed by atoms with E-state index in [2.05, 4.69) is 0 Å². The van der Waals surface area contributed by atoms with Crippen molar-refractivity contribution in [3.63, 3.8) is 0 Å². The number of carbonyl (C=O) groups excluding carboxylic acids is 4. The summed E-state index contributed by atoms with van der Waals surface area (Å²) in [4.78, 5) is 53.7. The molecule has 13 unspecified atom stereocenters. The van der Waals surface area contributed by atoms with Crippen molar-refractivity contribution in [2.45, 2.75) is 97.4 Å². The van der Waals surface area contributed by atoms with Crippen LogP contribution in [-0.2, 0) is 33.4 Å². The molecule has 0 amide bonds. The maximum absolute atomic E-state index is 14.7. The Balaban J connectivity index is 1.51. The predicted molar refractivity (Wildman–Crippen MR) is 147 cm³/mol. The number of Topliss-reactive ketones (excluding diaryl/α,β-unsaturated/α-hetero) is 2. The third-order valence-electron chi connectivity index (χ3n) is 12.3. The molecule has 6 rings (SSSR count). The Labute approximate surface area is 250 Å². The SMILES string of the molecule is CC(=O)OC1CC(O)C23COC(OC(=O)C(C)C)C1(C)C2CC(O)C1(C)C2C(=O)CC(c4ccoc4)C2(C)C(O)C(=O)C13. The number of hydrogen-bond acceptors (Lipinski definition) is 11. The highest BCUT2D eigenvalue weighted by Gasteiger charge is 2.82. The van der Waals surface area contributed by atoms with Gasteiger partial charge >= 0.3 is 11.9 Å². The molecule has 4 saturated carbocycles. The van der Waals surface area contributed by atoms with Gasteiger partial charge < -0.3 is 33.9 Å². The van der Waals surface area contributed by atoms with Crippen molar-refractivity contribution in [3.05, 3.63) is 24.2 Å². The fraction of sp³-hybridized carbons (Fsp3) is 0.750. The largest absolute Gasteiger partial charge is 0.472 e. The lowest BCUT2D eigenvalue weighted by Crippen LogP contribution is -2.80. The lowest BCUT2D eigenvalue weighted by Gasteiger charge is -2.72. The smallest absolute Gasteiger partial charge is 0.310 e. The summed E-state index contributed by atoms with van der Waals surface area (Å²) < 4.78 is 23.1. The third-order valence-corrected chi connectivity index (χ3v) is 12.3. The van der Waals surface area contributed by atoms with Gasteiger partial charge in [-0.25, -0.2) is 0 Å². The molecule has 3 N–H and O–H groups in total. The molecule has 5 fully saturated rings. The van der Waals surface area contributed by atoms with E-state index in [-0.39, 0.29) is 31.7 Å². The predicted octanol–water partition coefficient (Wildman–Crippen LogP) is 2.15. The fourth-order valence-corrected chi connectivity index (χ4v) is 10.4. The van der Waals surface area contributed by atoms with Crippen LogP contribution in [0.3, 0.4) is 0 Å². The molecule has 43 heavy (non-hydrogen) atoms. The minimum atomic E-state index is -1.58. The van der Waals surface area contributed by atoms with Crippen LogP contribution in [0.4, 0.5) is 0 Å². The van der Waals surface area contributed by atoms with Gasteiger partial charge in [-0.3, -0.25) is 19.2 Å². The van der Waals surface area contributed by atoms with E-state index in [1.165, 1.54) is 19.5 Å². The topological polar surface area (TPSA) is 170 Å². The van der Waals surface area contributed by atoms with Crippen LogP contribution in [-0.4, -0.2) is 76.1 Å². The number of rotatable bonds is 4. The Bertz CT molecular complexity index is 1340. The second-order valence-electron chi connectivity index (χ2n) is 14.5. The maximum Gasteiger partial charge on any atom is 0.310 e. The molecule has 1 aromatic heterocycles. The first-order chi connectivity index (χ1) is 20.1. The van der Waals surface area contributed by atoms with Gasteiger partial charge in [-0.1, -0.05) is 27.7 Å². The molecule has 0 spiro atoms. The van der Waals surface area contributed by atoms with E-state index in [0.717, 1.165) is 0 Å². The number of hydrogen-bond donors (Lipinski definition) is 3. The first-order valence-electron chi connectivity index (χ1n) is 15.2. The highest BCUT2D eigenvalue weighted by atomic mass is 16.7. The zero-order valence-electron chi connectivity index (χ0n) is 25.4. The van der Waals surface area contributed by atoms with Gasteiger partial charge in [0.25, 0.3) is 0 Å². The zero-order valence-corrected chi connectivity index (χ0v) is 25.4. The molecule has 4 aliphatic carbocycles. The van der Waals surface area contributed by atoms with E-state index < -0.39 is 99.7 Å². The van der Waals surface area contributed by atoms with Crippen LogP contribution >= 0.6 is 0 Å². The van der Waals surface area contributed by atoms with Crippen molar-refractivity contribution in [2.24, 2.45) is 45.3 Å². The number of aliphatic hydroxyl groups excluding tert-OH is 3. The minimum Gasteiger partial charge on any atom is -0.472 e. The van der Waals surface area contributed by atoms with E-state index in [1.807, 2.05) is 0 Å². The first kappa shape index (κ1) is 30.4. The fourth-order valence-electron chi connectivity index (χ4n) is 10.4. The molecule has 13 atom stereocenters. The first-order valence-corrected chi connectivity index (χ1v) is 15.2. The average molecular weight is 603 g/mol. The highest BCUT2D eigenvalue weighted by molar-refractivity contribution is 5.96. The van der Waals surface area contributed by atoms with Crippen molar-refractivity contribution in [1.82, 2.24) is 0 Å². The van der Waals surface area contributed by atoms with Crippen LogP contribution in [0.1, 0.15) is 72.3 Å². The quantitative estimate of drug-likeness (QED) is 0.432. The Morgan fingerprint density at radius 3 is 2.28 bits per heavy atom. The van der Waals surface area contributed by atoms with Gasteiger partial charge in [0.15, 0.2) is 5.78 Å². The Hall–Kier alpha value is -2.60. The summed E-state index contributed by atoms with van der Waals surface area (Å²) in [6, 6.07) is 1.72. The second kappa shape index (κ2) is 9.70.